The van der Waals surface area contributed by atoms with E-state index in [-0.39, 0.29) is 23.2 Å². The first-order valence-corrected chi connectivity index (χ1v) is 7.04. The zero-order valence-corrected chi connectivity index (χ0v) is 12.6. The fourth-order valence-electron chi connectivity index (χ4n) is 2.28. The molecule has 7 nitrogen and oxygen atoms in total. The van der Waals surface area contributed by atoms with Gasteiger partial charge in [0.1, 0.15) is 0 Å². The Bertz CT molecular complexity index is 834. The van der Waals surface area contributed by atoms with Gasteiger partial charge in [-0.1, -0.05) is 0 Å². The number of allylic oxidation sites excluding steroid dienone is 1. The molecular weight excluding hydrogens is 298 g/mol. The third-order valence-corrected chi connectivity index (χ3v) is 3.25. The summed E-state index contributed by atoms with van der Waals surface area (Å²) in [5, 5.41) is 22.3. The van der Waals surface area contributed by atoms with Crippen LogP contribution in [-0.2, 0) is 0 Å². The van der Waals surface area contributed by atoms with Crippen molar-refractivity contribution in [3.63, 3.8) is 0 Å². The summed E-state index contributed by atoms with van der Waals surface area (Å²) in [5.74, 6) is -1.02. The number of aromatic nitrogens is 1. The SMILES string of the molecule is CC(C)Nc1oc(C=C2C=Nc3ncccc32)c(O)c1C(=O)O. The second-order valence-electron chi connectivity index (χ2n) is 5.36. The molecule has 0 amide bonds. The van der Waals surface area contributed by atoms with Gasteiger partial charge in [-0.2, -0.15) is 0 Å². The van der Waals surface area contributed by atoms with E-state index in [9.17, 15) is 15.0 Å². The maximum Gasteiger partial charge on any atom is 0.345 e. The molecule has 0 radical (unpaired) electrons. The second kappa shape index (κ2) is 5.60. The number of hydrogen-bond donors (Lipinski definition) is 3. The first-order chi connectivity index (χ1) is 11.0. The van der Waals surface area contributed by atoms with Crippen molar-refractivity contribution in [2.45, 2.75) is 19.9 Å². The number of carbonyl (C=O) groups is 1. The number of carboxylic acid groups (broad SMARTS) is 1. The summed E-state index contributed by atoms with van der Waals surface area (Å²) in [5.41, 5.74) is 1.19. The Labute approximate surface area is 132 Å². The fraction of sp³-hybridized carbons (Fsp3) is 0.188. The number of nitrogens with one attached hydrogen (secondary N) is 1. The number of rotatable bonds is 4. The molecule has 0 aromatic carbocycles. The average molecular weight is 313 g/mol. The van der Waals surface area contributed by atoms with E-state index in [4.69, 9.17) is 4.42 Å². The lowest BCUT2D eigenvalue weighted by Crippen LogP contribution is -2.11. The highest BCUT2D eigenvalue weighted by atomic mass is 16.4. The highest BCUT2D eigenvalue weighted by Crippen LogP contribution is 2.38. The topological polar surface area (TPSA) is 108 Å². The molecule has 7 heteroatoms. The van der Waals surface area contributed by atoms with E-state index in [1.165, 1.54) is 0 Å². The van der Waals surface area contributed by atoms with Crippen LogP contribution in [0.15, 0.2) is 27.7 Å². The van der Waals surface area contributed by atoms with E-state index in [0.717, 1.165) is 5.56 Å². The molecule has 0 unspecified atom stereocenters. The number of aromatic hydroxyl groups is 1. The number of aliphatic imine (C=N–C) groups is 1. The maximum absolute atomic E-state index is 11.4. The molecule has 2 aromatic rings. The van der Waals surface area contributed by atoms with Crippen LogP contribution in [0.25, 0.3) is 11.6 Å². The lowest BCUT2D eigenvalue weighted by Gasteiger charge is -2.06. The number of aromatic carboxylic acids is 1. The van der Waals surface area contributed by atoms with Gasteiger partial charge in [0.15, 0.2) is 22.9 Å². The number of furan rings is 1. The lowest BCUT2D eigenvalue weighted by atomic mass is 10.1. The van der Waals surface area contributed by atoms with Crippen LogP contribution in [0.5, 0.6) is 5.75 Å². The third kappa shape index (κ3) is 2.68. The Hall–Kier alpha value is -3.09. The number of carboxylic acids is 1. The van der Waals surface area contributed by atoms with Crippen molar-refractivity contribution in [1.29, 1.82) is 0 Å². The summed E-state index contributed by atoms with van der Waals surface area (Å²) in [4.78, 5) is 19.6. The number of fused-ring (bicyclic) bond motifs is 1. The van der Waals surface area contributed by atoms with Gasteiger partial charge in [-0.05, 0) is 32.1 Å². The Kier molecular flexibility index (Phi) is 3.61. The van der Waals surface area contributed by atoms with E-state index in [0.29, 0.717) is 11.4 Å². The van der Waals surface area contributed by atoms with Crippen molar-refractivity contribution in [2.24, 2.45) is 4.99 Å². The lowest BCUT2D eigenvalue weighted by molar-refractivity contribution is 0.0694. The number of pyridine rings is 1. The molecule has 1 aliphatic rings. The van der Waals surface area contributed by atoms with E-state index in [2.05, 4.69) is 15.3 Å². The van der Waals surface area contributed by atoms with Crippen molar-refractivity contribution >= 4 is 35.5 Å². The molecule has 1 aliphatic heterocycles. The van der Waals surface area contributed by atoms with Crippen LogP contribution in [-0.4, -0.2) is 33.4 Å². The van der Waals surface area contributed by atoms with Crippen molar-refractivity contribution in [2.75, 3.05) is 5.32 Å². The molecule has 0 fully saturated rings. The molecule has 2 aromatic heterocycles. The van der Waals surface area contributed by atoms with Crippen molar-refractivity contribution in [1.82, 2.24) is 4.98 Å². The van der Waals surface area contributed by atoms with Crippen LogP contribution in [0.2, 0.25) is 0 Å². The minimum absolute atomic E-state index is 0.0261. The average Bonchev–Trinajstić information content (AvgIpc) is 3.01. The second-order valence-corrected chi connectivity index (χ2v) is 5.36. The van der Waals surface area contributed by atoms with Crippen molar-refractivity contribution in [3.05, 3.63) is 35.2 Å². The Morgan fingerprint density at radius 1 is 1.43 bits per heavy atom. The van der Waals surface area contributed by atoms with Crippen LogP contribution < -0.4 is 5.32 Å². The summed E-state index contributed by atoms with van der Waals surface area (Å²) >= 11 is 0. The van der Waals surface area contributed by atoms with Gasteiger partial charge in [0.2, 0.25) is 5.88 Å². The fourth-order valence-corrected chi connectivity index (χ4v) is 2.28. The predicted molar refractivity (Wildman–Crippen MR) is 86.4 cm³/mol. The molecule has 3 heterocycles. The van der Waals surface area contributed by atoms with E-state index in [1.54, 1.807) is 24.6 Å². The minimum Gasteiger partial charge on any atom is -0.504 e. The van der Waals surface area contributed by atoms with Crippen LogP contribution in [0.4, 0.5) is 11.7 Å². The van der Waals surface area contributed by atoms with Crippen LogP contribution in [0.3, 0.4) is 0 Å². The van der Waals surface area contributed by atoms with Crippen LogP contribution in [0.1, 0.15) is 35.5 Å². The Balaban J connectivity index is 2.07. The highest BCUT2D eigenvalue weighted by Gasteiger charge is 2.26. The number of anilines is 1. The predicted octanol–water partition coefficient (Wildman–Crippen LogP) is 3.16. The molecule has 0 saturated heterocycles. The molecule has 3 rings (SSSR count). The largest absolute Gasteiger partial charge is 0.504 e. The smallest absolute Gasteiger partial charge is 0.345 e. The Morgan fingerprint density at radius 2 is 2.22 bits per heavy atom. The van der Waals surface area contributed by atoms with Gasteiger partial charge in [0.05, 0.1) is 0 Å². The molecule has 118 valence electrons. The summed E-state index contributed by atoms with van der Waals surface area (Å²) in [7, 11) is 0. The van der Waals surface area contributed by atoms with Gasteiger partial charge in [0.25, 0.3) is 0 Å². The summed E-state index contributed by atoms with van der Waals surface area (Å²) < 4.78 is 5.49. The molecule has 23 heavy (non-hydrogen) atoms. The standard InChI is InChI=1S/C16H15N3O4/c1-8(2)19-15-12(16(21)22)13(20)11(23-15)6-9-7-18-14-10(9)4-3-5-17-14/h3-8,19-20H,1-2H3,(H,21,22). The quantitative estimate of drug-likeness (QED) is 0.800. The van der Waals surface area contributed by atoms with E-state index < -0.39 is 11.7 Å². The Morgan fingerprint density at radius 3 is 2.91 bits per heavy atom. The van der Waals surface area contributed by atoms with E-state index in [1.807, 2.05) is 19.9 Å². The zero-order chi connectivity index (χ0) is 16.6. The molecule has 0 atom stereocenters. The number of nitrogens with zero attached hydrogens (tertiary/aromatic N) is 2. The first kappa shape index (κ1) is 14.8. The van der Waals surface area contributed by atoms with Gasteiger partial charge in [0, 0.05) is 29.6 Å². The summed E-state index contributed by atoms with van der Waals surface area (Å²) in [6.07, 6.45) is 4.77. The monoisotopic (exact) mass is 313 g/mol. The van der Waals surface area contributed by atoms with Gasteiger partial charge in [-0.15, -0.1) is 0 Å². The van der Waals surface area contributed by atoms with Gasteiger partial charge in [-0.3, -0.25) is 0 Å². The third-order valence-electron chi connectivity index (χ3n) is 3.25. The van der Waals surface area contributed by atoms with Gasteiger partial charge in [-0.25, -0.2) is 14.8 Å². The summed E-state index contributed by atoms with van der Waals surface area (Å²) in [6.45, 7) is 3.68. The molecule has 0 bridgehead atoms. The molecule has 0 aliphatic carbocycles. The van der Waals surface area contributed by atoms with Gasteiger partial charge >= 0.3 is 5.97 Å². The zero-order valence-electron chi connectivity index (χ0n) is 12.6. The summed E-state index contributed by atoms with van der Waals surface area (Å²) in [6, 6.07) is 3.57. The molecule has 3 N–H and O–H groups in total. The van der Waals surface area contributed by atoms with Crippen molar-refractivity contribution in [3.8, 4) is 5.75 Å². The molecule has 0 spiro atoms. The number of hydrogen-bond acceptors (Lipinski definition) is 6. The molecular formula is C16H15N3O4. The van der Waals surface area contributed by atoms with Gasteiger partial charge < -0.3 is 19.9 Å². The highest BCUT2D eigenvalue weighted by molar-refractivity contribution is 6.21. The normalized spacial score (nSPS) is 14.5. The molecule has 0 saturated carbocycles. The first-order valence-electron chi connectivity index (χ1n) is 7.04. The van der Waals surface area contributed by atoms with Crippen LogP contribution >= 0.6 is 0 Å². The maximum atomic E-state index is 11.4. The van der Waals surface area contributed by atoms with E-state index >= 15 is 0 Å². The van der Waals surface area contributed by atoms with Crippen LogP contribution in [0, 0.1) is 0 Å². The minimum atomic E-state index is -1.26. The van der Waals surface area contributed by atoms with Crippen molar-refractivity contribution < 1.29 is 19.4 Å².